The number of hydrogen-bond donors (Lipinski definition) is 1. The van der Waals surface area contributed by atoms with Crippen LogP contribution in [-0.4, -0.2) is 38.0 Å². The monoisotopic (exact) mass is 409 g/mol. The molecule has 0 fully saturated rings. The molecule has 0 radical (unpaired) electrons. The second-order valence-corrected chi connectivity index (χ2v) is 6.88. The lowest BCUT2D eigenvalue weighted by Crippen LogP contribution is -2.15. The van der Waals surface area contributed by atoms with Gasteiger partial charge in [0.05, 0.1) is 43.8 Å². The molecular weight excluding hydrogens is 390 g/mol. The average Bonchev–Trinajstić information content (AvgIpc) is 2.76. The number of ether oxygens (including phenoxy) is 3. The lowest BCUT2D eigenvalue weighted by atomic mass is 10.1. The zero-order chi connectivity index (χ0) is 20.8. The van der Waals surface area contributed by atoms with Crippen molar-refractivity contribution in [1.82, 2.24) is 4.98 Å². The summed E-state index contributed by atoms with van der Waals surface area (Å²) in [6.45, 7) is 0. The number of amides is 1. The summed E-state index contributed by atoms with van der Waals surface area (Å²) < 4.78 is 15.7. The van der Waals surface area contributed by atoms with Crippen LogP contribution >= 0.6 is 11.8 Å². The number of thioether (sulfide) groups is 1. The molecule has 3 aromatic rings. The van der Waals surface area contributed by atoms with E-state index in [0.29, 0.717) is 39.0 Å². The highest BCUT2D eigenvalue weighted by molar-refractivity contribution is 8.00. The highest BCUT2D eigenvalue weighted by atomic mass is 32.2. The molecule has 0 aliphatic heterocycles. The predicted octanol–water partition coefficient (Wildman–Crippen LogP) is 3.86. The number of nitrogens with one attached hydrogen (secondary N) is 1. The second kappa shape index (κ2) is 9.17. The van der Waals surface area contributed by atoms with Gasteiger partial charge < -0.3 is 19.5 Å². The van der Waals surface area contributed by atoms with Gasteiger partial charge >= 0.3 is 0 Å². The van der Waals surface area contributed by atoms with E-state index >= 15 is 0 Å². The van der Waals surface area contributed by atoms with Gasteiger partial charge in [0.1, 0.15) is 28.3 Å². The number of hydrogen-bond acceptors (Lipinski definition) is 7. The summed E-state index contributed by atoms with van der Waals surface area (Å²) in [7, 11) is 4.66. The fourth-order valence-electron chi connectivity index (χ4n) is 2.68. The molecule has 1 amide bonds. The number of carbonyl (C=O) groups is 1. The van der Waals surface area contributed by atoms with Crippen LogP contribution in [0.2, 0.25) is 0 Å². The molecule has 29 heavy (non-hydrogen) atoms. The molecular formula is C21H19N3O4S. The Morgan fingerprint density at radius 1 is 1.07 bits per heavy atom. The molecule has 0 saturated heterocycles. The molecule has 0 aliphatic carbocycles. The molecule has 0 spiro atoms. The van der Waals surface area contributed by atoms with Crippen LogP contribution in [-0.2, 0) is 4.79 Å². The summed E-state index contributed by atoms with van der Waals surface area (Å²) in [5.41, 5.74) is 1.62. The van der Waals surface area contributed by atoms with Crippen molar-refractivity contribution in [2.24, 2.45) is 0 Å². The minimum Gasteiger partial charge on any atom is -0.497 e. The van der Waals surface area contributed by atoms with Gasteiger partial charge in [0.2, 0.25) is 5.91 Å². The van der Waals surface area contributed by atoms with Crippen LogP contribution in [0.3, 0.4) is 0 Å². The van der Waals surface area contributed by atoms with E-state index in [4.69, 9.17) is 14.2 Å². The number of nitrogens with zero attached hydrogens (tertiary/aromatic N) is 2. The Balaban J connectivity index is 1.78. The Hall–Kier alpha value is -3.44. The predicted molar refractivity (Wildman–Crippen MR) is 112 cm³/mol. The maximum Gasteiger partial charge on any atom is 0.234 e. The van der Waals surface area contributed by atoms with Crippen molar-refractivity contribution >= 4 is 34.3 Å². The SMILES string of the molecule is COc1ccc(OC)c(NC(=O)CSc2nc3cc(OC)ccc3cc2C#N)c1. The van der Waals surface area contributed by atoms with Gasteiger partial charge in [-0.1, -0.05) is 11.8 Å². The summed E-state index contributed by atoms with van der Waals surface area (Å²) in [4.78, 5) is 17.0. The van der Waals surface area contributed by atoms with E-state index in [1.54, 1.807) is 44.6 Å². The van der Waals surface area contributed by atoms with Crippen molar-refractivity contribution < 1.29 is 19.0 Å². The van der Waals surface area contributed by atoms with Crippen molar-refractivity contribution in [2.45, 2.75) is 5.03 Å². The lowest BCUT2D eigenvalue weighted by molar-refractivity contribution is -0.113. The van der Waals surface area contributed by atoms with Crippen LogP contribution in [0.15, 0.2) is 47.5 Å². The number of anilines is 1. The highest BCUT2D eigenvalue weighted by Crippen LogP contribution is 2.30. The zero-order valence-electron chi connectivity index (χ0n) is 16.2. The van der Waals surface area contributed by atoms with Crippen molar-refractivity contribution in [3.8, 4) is 23.3 Å². The molecule has 2 aromatic carbocycles. The summed E-state index contributed by atoms with van der Waals surface area (Å²) in [6.07, 6.45) is 0. The van der Waals surface area contributed by atoms with Gasteiger partial charge in [-0.25, -0.2) is 4.98 Å². The Labute approximate surface area is 172 Å². The lowest BCUT2D eigenvalue weighted by Gasteiger charge is -2.12. The number of nitriles is 1. The van der Waals surface area contributed by atoms with Crippen LogP contribution < -0.4 is 19.5 Å². The third-order valence-corrected chi connectivity index (χ3v) is 5.12. The van der Waals surface area contributed by atoms with Gasteiger partial charge in [0.15, 0.2) is 0 Å². The van der Waals surface area contributed by atoms with E-state index in [2.05, 4.69) is 16.4 Å². The molecule has 148 valence electrons. The van der Waals surface area contributed by atoms with Gasteiger partial charge in [-0.15, -0.1) is 0 Å². The quantitative estimate of drug-likeness (QED) is 0.592. The molecule has 0 unspecified atom stereocenters. The number of carbonyl (C=O) groups excluding carboxylic acids is 1. The van der Waals surface area contributed by atoms with E-state index in [1.165, 1.54) is 18.9 Å². The molecule has 8 heteroatoms. The van der Waals surface area contributed by atoms with E-state index in [0.717, 1.165) is 5.39 Å². The Morgan fingerprint density at radius 3 is 2.48 bits per heavy atom. The maximum atomic E-state index is 12.5. The first-order valence-electron chi connectivity index (χ1n) is 8.61. The molecule has 3 rings (SSSR count). The summed E-state index contributed by atoms with van der Waals surface area (Å²) >= 11 is 1.19. The summed E-state index contributed by atoms with van der Waals surface area (Å²) in [5.74, 6) is 1.63. The van der Waals surface area contributed by atoms with E-state index in [1.807, 2.05) is 12.1 Å². The minimum absolute atomic E-state index is 0.0809. The Kier molecular flexibility index (Phi) is 6.42. The highest BCUT2D eigenvalue weighted by Gasteiger charge is 2.13. The normalized spacial score (nSPS) is 10.3. The molecule has 1 aromatic heterocycles. The first-order chi connectivity index (χ1) is 14.1. The molecule has 0 atom stereocenters. The van der Waals surface area contributed by atoms with Crippen molar-refractivity contribution in [3.05, 3.63) is 48.0 Å². The number of methoxy groups -OCH3 is 3. The number of benzene rings is 2. The van der Waals surface area contributed by atoms with Crippen molar-refractivity contribution in [3.63, 3.8) is 0 Å². The Morgan fingerprint density at radius 2 is 1.79 bits per heavy atom. The smallest absolute Gasteiger partial charge is 0.234 e. The van der Waals surface area contributed by atoms with Gasteiger partial charge in [-0.3, -0.25) is 4.79 Å². The number of pyridine rings is 1. The van der Waals surface area contributed by atoms with Gasteiger partial charge in [-0.05, 0) is 30.3 Å². The van der Waals surface area contributed by atoms with Crippen molar-refractivity contribution in [2.75, 3.05) is 32.4 Å². The van der Waals surface area contributed by atoms with E-state index in [9.17, 15) is 10.1 Å². The fourth-order valence-corrected chi connectivity index (χ4v) is 3.44. The average molecular weight is 409 g/mol. The van der Waals surface area contributed by atoms with Crippen LogP contribution in [0.25, 0.3) is 10.9 Å². The van der Waals surface area contributed by atoms with E-state index < -0.39 is 0 Å². The number of aromatic nitrogens is 1. The third kappa shape index (κ3) is 4.70. The van der Waals surface area contributed by atoms with Crippen molar-refractivity contribution in [1.29, 1.82) is 5.26 Å². The Bertz CT molecular complexity index is 1100. The van der Waals surface area contributed by atoms with Crippen LogP contribution in [0.1, 0.15) is 5.56 Å². The maximum absolute atomic E-state index is 12.5. The van der Waals surface area contributed by atoms with Crippen LogP contribution in [0, 0.1) is 11.3 Å². The van der Waals surface area contributed by atoms with Gasteiger partial charge in [-0.2, -0.15) is 5.26 Å². The molecule has 0 aliphatic rings. The largest absolute Gasteiger partial charge is 0.497 e. The molecule has 0 saturated carbocycles. The molecule has 7 nitrogen and oxygen atoms in total. The fraction of sp³-hybridized carbons (Fsp3) is 0.190. The number of rotatable bonds is 7. The second-order valence-electron chi connectivity index (χ2n) is 5.91. The topological polar surface area (TPSA) is 93.5 Å². The third-order valence-electron chi connectivity index (χ3n) is 4.13. The first-order valence-corrected chi connectivity index (χ1v) is 9.60. The minimum atomic E-state index is -0.252. The van der Waals surface area contributed by atoms with Gasteiger partial charge in [0, 0.05) is 17.5 Å². The molecule has 1 heterocycles. The van der Waals surface area contributed by atoms with Crippen LogP contribution in [0.5, 0.6) is 17.2 Å². The summed E-state index contributed by atoms with van der Waals surface area (Å²) in [6, 6.07) is 14.5. The zero-order valence-corrected chi connectivity index (χ0v) is 17.0. The van der Waals surface area contributed by atoms with Crippen LogP contribution in [0.4, 0.5) is 5.69 Å². The first kappa shape index (κ1) is 20.3. The molecule has 1 N–H and O–H groups in total. The number of fused-ring (bicyclic) bond motifs is 1. The summed E-state index contributed by atoms with van der Waals surface area (Å²) in [5, 5.41) is 13.6. The van der Waals surface area contributed by atoms with Gasteiger partial charge in [0.25, 0.3) is 0 Å². The molecule has 0 bridgehead atoms. The van der Waals surface area contributed by atoms with E-state index in [-0.39, 0.29) is 11.7 Å². The standard InChI is InChI=1S/C21H19N3O4S/c1-26-15-5-4-13-8-14(11-22)21(24-17(13)9-15)29-12-20(25)23-18-10-16(27-2)6-7-19(18)28-3/h4-10H,12H2,1-3H3,(H,23,25).